The van der Waals surface area contributed by atoms with Gasteiger partial charge in [-0.05, 0) is 31.6 Å². The minimum absolute atomic E-state index is 0.0265. The summed E-state index contributed by atoms with van der Waals surface area (Å²) >= 11 is 4.76. The van der Waals surface area contributed by atoms with E-state index in [0.717, 1.165) is 32.5 Å². The summed E-state index contributed by atoms with van der Waals surface area (Å²) in [6.07, 6.45) is 3.55. The number of hydrogen-bond donors (Lipinski definition) is 6. The van der Waals surface area contributed by atoms with Crippen molar-refractivity contribution >= 4 is 109 Å². The summed E-state index contributed by atoms with van der Waals surface area (Å²) in [5, 5.41) is 57.2. The number of aliphatic carboxylic acids is 3. The van der Waals surface area contributed by atoms with Gasteiger partial charge in [0.2, 0.25) is 5.60 Å². The molecule has 4 aromatic rings. The number of nitrogens with zero attached hydrogens (tertiary/aromatic N) is 11. The molecule has 8 rings (SSSR count). The van der Waals surface area contributed by atoms with Crippen molar-refractivity contribution < 1.29 is 63.1 Å². The lowest BCUT2D eigenvalue weighted by Crippen LogP contribution is -2.71. The highest BCUT2D eigenvalue weighted by atomic mass is 32.2. The number of pyridine rings is 1. The topological polar surface area (TPSA) is 382 Å². The number of β-lactam (4-membered cyclic amide) rings is 2. The summed E-state index contributed by atoms with van der Waals surface area (Å²) in [7, 11) is 1.27. The number of carbonyl (C=O) groups excluding carboxylic acids is 5. The number of tetrazole rings is 1. The SMILES string of the molecule is CC(C)(O/N=C(\C(=O)N[C@@H]1C(=O)N2C(C(=O)[O-])=C(C[n+]3ccccc3)CS[C@H]12)c1csc(N)n1)C(=O)O.CO/N=C(/C(=O)N[C@@H]1C(=O)N2C(C(=O)O)=C(Cn3nnc(C)n3)CS[C@H]12)c1csc(N)n1. The van der Waals surface area contributed by atoms with E-state index in [4.69, 9.17) is 21.1 Å². The smallest absolute Gasteiger partial charge is 0.352 e. The number of carbonyl (C=O) groups is 7. The average molecular weight is 1030 g/mol. The number of nitrogens with one attached hydrogen (secondary N) is 2. The summed E-state index contributed by atoms with van der Waals surface area (Å²) in [6.45, 7) is 4.49. The highest BCUT2D eigenvalue weighted by Gasteiger charge is 2.55. The number of hydrogen-bond acceptors (Lipinski definition) is 23. The number of aromatic nitrogens is 7. The summed E-state index contributed by atoms with van der Waals surface area (Å²) in [5.41, 5.74) is 9.83. The Morgan fingerprint density at radius 2 is 1.41 bits per heavy atom. The molecule has 0 unspecified atom stereocenters. The van der Waals surface area contributed by atoms with Crippen LogP contribution in [0.1, 0.15) is 31.1 Å². The lowest BCUT2D eigenvalue weighted by molar-refractivity contribution is -0.689. The van der Waals surface area contributed by atoms with Crippen LogP contribution in [0.4, 0.5) is 10.3 Å². The average Bonchev–Trinajstić information content (AvgIpc) is 4.06. The second-order valence-electron chi connectivity index (χ2n) is 15.2. The van der Waals surface area contributed by atoms with E-state index in [9.17, 15) is 48.9 Å². The molecule has 27 nitrogen and oxygen atoms in total. The first-order valence-corrected chi connectivity index (χ1v) is 23.8. The van der Waals surface area contributed by atoms with Crippen molar-refractivity contribution in [1.82, 2.24) is 50.6 Å². The van der Waals surface area contributed by atoms with Crippen molar-refractivity contribution in [2.24, 2.45) is 10.3 Å². The summed E-state index contributed by atoms with van der Waals surface area (Å²) in [6, 6.07) is 3.43. The Bertz CT molecular complexity index is 2860. The second kappa shape index (κ2) is 20.4. The number of rotatable bonds is 16. The molecule has 31 heteroatoms. The number of nitrogen functional groups attached to an aromatic ring is 2. The fourth-order valence-electron chi connectivity index (χ4n) is 6.83. The fourth-order valence-corrected chi connectivity index (χ4v) is 10.6. The largest absolute Gasteiger partial charge is 0.543 e. The van der Waals surface area contributed by atoms with E-state index in [-0.39, 0.29) is 57.6 Å². The van der Waals surface area contributed by atoms with Gasteiger partial charge in [0.15, 0.2) is 46.4 Å². The number of aryl methyl sites for hydroxylation is 1. The summed E-state index contributed by atoms with van der Waals surface area (Å²) in [4.78, 5) is 108. The number of anilines is 2. The first-order chi connectivity index (χ1) is 32.8. The summed E-state index contributed by atoms with van der Waals surface area (Å²) < 4.78 is 1.78. The molecule has 0 aromatic carbocycles. The van der Waals surface area contributed by atoms with E-state index < -0.39 is 70.0 Å². The van der Waals surface area contributed by atoms with Gasteiger partial charge in [-0.25, -0.2) is 24.1 Å². The number of thioether (sulfide) groups is 2. The minimum atomic E-state index is -1.75. The first kappa shape index (κ1) is 49.4. The Kier molecular flexibility index (Phi) is 14.6. The molecule has 0 aliphatic carbocycles. The van der Waals surface area contributed by atoms with Crippen molar-refractivity contribution in [2.75, 3.05) is 30.1 Å². The predicted molar refractivity (Wildman–Crippen MR) is 242 cm³/mol. The molecule has 4 aromatic heterocycles. The first-order valence-electron chi connectivity index (χ1n) is 19.9. The third-order valence-electron chi connectivity index (χ3n) is 10.1. The van der Waals surface area contributed by atoms with E-state index in [1.807, 2.05) is 6.07 Å². The van der Waals surface area contributed by atoms with Crippen LogP contribution in [-0.2, 0) is 56.3 Å². The highest BCUT2D eigenvalue weighted by molar-refractivity contribution is 8.00. The molecule has 4 aliphatic rings. The Hall–Kier alpha value is -7.51. The maximum absolute atomic E-state index is 13.1. The van der Waals surface area contributed by atoms with Gasteiger partial charge in [0, 0.05) is 40.0 Å². The molecular formula is C38H39N15O12S4. The number of amides is 4. The molecule has 8 heterocycles. The quantitative estimate of drug-likeness (QED) is 0.0293. The van der Waals surface area contributed by atoms with Crippen molar-refractivity contribution in [3.05, 3.63) is 81.1 Å². The van der Waals surface area contributed by atoms with Crippen molar-refractivity contribution in [2.45, 2.75) is 62.3 Å². The van der Waals surface area contributed by atoms with Crippen LogP contribution in [0.15, 0.2) is 74.2 Å². The predicted octanol–water partition coefficient (Wildman–Crippen LogP) is -2.49. The number of nitrogens with two attached hydrogens (primary N) is 2. The molecule has 4 aliphatic heterocycles. The zero-order valence-corrected chi connectivity index (χ0v) is 39.6. The Morgan fingerprint density at radius 1 is 0.870 bits per heavy atom. The molecule has 0 saturated carbocycles. The molecule has 69 heavy (non-hydrogen) atoms. The third kappa shape index (κ3) is 10.5. The molecule has 0 radical (unpaired) electrons. The maximum atomic E-state index is 13.1. The van der Waals surface area contributed by atoms with Crippen molar-refractivity contribution in [3.63, 3.8) is 0 Å². The van der Waals surface area contributed by atoms with Crippen molar-refractivity contribution in [1.29, 1.82) is 0 Å². The van der Waals surface area contributed by atoms with Crippen molar-refractivity contribution in [3.8, 4) is 0 Å². The maximum Gasteiger partial charge on any atom is 0.352 e. The molecule has 4 amide bonds. The van der Waals surface area contributed by atoms with Gasteiger partial charge in [0.25, 0.3) is 23.6 Å². The number of carboxylic acid groups (broad SMARTS) is 3. The monoisotopic (exact) mass is 1030 g/mol. The zero-order chi connectivity index (χ0) is 49.9. The molecule has 2 saturated heterocycles. The molecule has 4 atom stereocenters. The van der Waals surface area contributed by atoms with E-state index >= 15 is 0 Å². The fraction of sp³-hybridized carbons (Fsp3) is 0.342. The van der Waals surface area contributed by atoms with Gasteiger partial charge in [0.1, 0.15) is 47.0 Å². The lowest BCUT2D eigenvalue weighted by Gasteiger charge is -2.50. The van der Waals surface area contributed by atoms with Crippen LogP contribution in [0.3, 0.4) is 0 Å². The zero-order valence-electron chi connectivity index (χ0n) is 36.4. The Labute approximate surface area is 405 Å². The van der Waals surface area contributed by atoms with Gasteiger partial charge in [-0.1, -0.05) is 16.4 Å². The van der Waals surface area contributed by atoms with E-state index in [1.165, 1.54) is 60.0 Å². The number of oxime groups is 2. The van der Waals surface area contributed by atoms with E-state index in [0.29, 0.717) is 28.5 Å². The third-order valence-corrected chi connectivity index (χ3v) is 14.1. The van der Waals surface area contributed by atoms with Crippen LogP contribution in [0.25, 0.3) is 0 Å². The lowest BCUT2D eigenvalue weighted by atomic mass is 10.0. The molecule has 2 fully saturated rings. The van der Waals surface area contributed by atoms with Crippen LogP contribution >= 0.6 is 46.2 Å². The number of carboxylic acids is 3. The number of thiazole rings is 2. The van der Waals surface area contributed by atoms with Crippen LogP contribution in [0.2, 0.25) is 0 Å². The normalized spacial score (nSPS) is 20.1. The molecular weight excluding hydrogens is 987 g/mol. The van der Waals surface area contributed by atoms with E-state index in [2.05, 4.69) is 46.3 Å². The highest BCUT2D eigenvalue weighted by Crippen LogP contribution is 2.42. The minimum Gasteiger partial charge on any atom is -0.543 e. The van der Waals surface area contributed by atoms with E-state index in [1.54, 1.807) is 36.0 Å². The van der Waals surface area contributed by atoms with Crippen LogP contribution in [0.5, 0.6) is 0 Å². The van der Waals surface area contributed by atoms with Gasteiger partial charge >= 0.3 is 11.9 Å². The van der Waals surface area contributed by atoms with Crippen LogP contribution < -0.4 is 31.8 Å². The standard InChI is InChI=1S/C22H22N6O7S2.C16H17N9O5S2/c1-22(2,20(33)34)35-26-13(12-10-37-21(23)24-12)16(29)25-14-17(30)28-15(19(31)32)11(9-36-18(14)28)8-27-6-4-3-5-7-27;1-6-20-23-24(21-6)3-7-4-31-14-10(13(27)25(14)11(7)15(28)29)19-12(26)9(22-30-2)8-5-32-16(17)18-8/h3-7,10,14,18H,8-9H2,1-2H3,(H4-,23,24,25,29,31,32,33,34);5,10,14H,3-4H2,1-2H3,(H2,17,18)(H,19,26)(H,28,29)/b26-13-;22-9+/t14-,18-;10-,14-/m11/s1. The molecule has 0 bridgehead atoms. The molecule has 8 N–H and O–H groups in total. The Morgan fingerprint density at radius 3 is 1.87 bits per heavy atom. The summed E-state index contributed by atoms with van der Waals surface area (Å²) in [5.74, 6) is -5.74. The van der Waals surface area contributed by atoms with Gasteiger partial charge < -0.3 is 51.9 Å². The Balaban J connectivity index is 0.000000206. The molecule has 0 spiro atoms. The van der Waals surface area contributed by atoms with Gasteiger partial charge in [-0.15, -0.1) is 56.4 Å². The molecule has 362 valence electrons. The second-order valence-corrected chi connectivity index (χ2v) is 19.2. The number of fused-ring (bicyclic) bond motifs is 2. The van der Waals surface area contributed by atoms with Gasteiger partial charge in [-0.2, -0.15) is 4.80 Å². The van der Waals surface area contributed by atoms with Gasteiger partial charge in [0.05, 0.1) is 18.2 Å². The van der Waals surface area contributed by atoms with Crippen LogP contribution in [0, 0.1) is 6.92 Å². The van der Waals surface area contributed by atoms with Crippen LogP contribution in [-0.4, -0.2) is 150 Å². The van der Waals surface area contributed by atoms with Gasteiger partial charge in [-0.3, -0.25) is 29.0 Å².